The van der Waals surface area contributed by atoms with Crippen LogP contribution in [0.4, 0.5) is 4.79 Å². The molecule has 124 valence electrons. The number of urea groups is 1. The number of halogens is 4. The Bertz CT molecular complexity index is 743. The van der Waals surface area contributed by atoms with Crippen LogP contribution in [0.1, 0.15) is 11.1 Å². The maximum absolute atomic E-state index is 11.5. The van der Waals surface area contributed by atoms with Crippen LogP contribution >= 0.6 is 46.4 Å². The van der Waals surface area contributed by atoms with E-state index in [4.69, 9.17) is 46.4 Å². The molecule has 2 amide bonds. The second kappa shape index (κ2) is 8.89. The average Bonchev–Trinajstić information content (AvgIpc) is 2.54. The maximum Gasteiger partial charge on any atom is 0.355 e. The van der Waals surface area contributed by atoms with Crippen LogP contribution in [0, 0.1) is 0 Å². The second-order valence-electron chi connectivity index (χ2n) is 4.42. The highest BCUT2D eigenvalue weighted by atomic mass is 35.5. The molecule has 0 aromatic heterocycles. The van der Waals surface area contributed by atoms with E-state index in [1.807, 2.05) is 0 Å². The molecule has 0 radical (unpaired) electrons. The summed E-state index contributed by atoms with van der Waals surface area (Å²) in [5, 5.41) is 9.21. The number of carbonyl (C=O) groups is 1. The van der Waals surface area contributed by atoms with Gasteiger partial charge in [-0.1, -0.05) is 58.5 Å². The summed E-state index contributed by atoms with van der Waals surface area (Å²) in [6.07, 6.45) is 2.84. The molecule has 0 fully saturated rings. The standard InChI is InChI=1S/C15H10Cl4N4O/c16-11-3-1-9(5-13(11)18)7-20-22-15(24)23-21-8-10-2-4-12(17)14(19)6-10/h1-8H,(H2,22,23,24)/b20-7-,21-8?. The van der Waals surface area contributed by atoms with Crippen molar-refractivity contribution in [2.45, 2.75) is 0 Å². The predicted molar refractivity (Wildman–Crippen MR) is 99.8 cm³/mol. The molecule has 2 aromatic carbocycles. The van der Waals surface area contributed by atoms with E-state index in [0.29, 0.717) is 31.2 Å². The van der Waals surface area contributed by atoms with E-state index in [1.165, 1.54) is 12.4 Å². The summed E-state index contributed by atoms with van der Waals surface area (Å²) in [4.78, 5) is 11.5. The van der Waals surface area contributed by atoms with Crippen molar-refractivity contribution in [3.63, 3.8) is 0 Å². The van der Waals surface area contributed by atoms with E-state index >= 15 is 0 Å². The molecule has 2 N–H and O–H groups in total. The summed E-state index contributed by atoms with van der Waals surface area (Å²) in [5.74, 6) is 0. The van der Waals surface area contributed by atoms with Crippen LogP contribution in [0.2, 0.25) is 20.1 Å². The average molecular weight is 404 g/mol. The highest BCUT2D eigenvalue weighted by Gasteiger charge is 1.99. The van der Waals surface area contributed by atoms with Gasteiger partial charge in [0.15, 0.2) is 0 Å². The number of hydrogen-bond donors (Lipinski definition) is 2. The number of benzene rings is 2. The minimum absolute atomic E-state index is 0.399. The first-order valence-corrected chi connectivity index (χ1v) is 7.99. The molecule has 0 aliphatic carbocycles. The van der Waals surface area contributed by atoms with Gasteiger partial charge in [-0.3, -0.25) is 0 Å². The van der Waals surface area contributed by atoms with Crippen LogP contribution in [0.3, 0.4) is 0 Å². The molecule has 2 aromatic rings. The van der Waals surface area contributed by atoms with Gasteiger partial charge in [-0.2, -0.15) is 10.2 Å². The maximum atomic E-state index is 11.5. The summed E-state index contributed by atoms with van der Waals surface area (Å²) in [5.41, 5.74) is 5.88. The summed E-state index contributed by atoms with van der Waals surface area (Å²) in [6.45, 7) is 0. The fourth-order valence-electron chi connectivity index (χ4n) is 1.54. The molecule has 9 heteroatoms. The lowest BCUT2D eigenvalue weighted by Crippen LogP contribution is -2.28. The van der Waals surface area contributed by atoms with Gasteiger partial charge in [0, 0.05) is 0 Å². The molecule has 5 nitrogen and oxygen atoms in total. The lowest BCUT2D eigenvalue weighted by atomic mass is 10.2. The van der Waals surface area contributed by atoms with Crippen LogP contribution in [0.5, 0.6) is 0 Å². The van der Waals surface area contributed by atoms with Crippen LogP contribution in [-0.2, 0) is 0 Å². The SMILES string of the molecule is O=C(NN=Cc1ccc(Cl)c(Cl)c1)N/N=C\c1ccc(Cl)c(Cl)c1. The molecule has 0 saturated heterocycles. The fourth-order valence-corrected chi connectivity index (χ4v) is 2.15. The Morgan fingerprint density at radius 1 is 0.750 bits per heavy atom. The van der Waals surface area contributed by atoms with Gasteiger partial charge in [-0.05, 0) is 35.4 Å². The second-order valence-corrected chi connectivity index (χ2v) is 6.05. The number of amides is 2. The zero-order valence-electron chi connectivity index (χ0n) is 11.9. The zero-order chi connectivity index (χ0) is 17.5. The third kappa shape index (κ3) is 5.69. The van der Waals surface area contributed by atoms with Crippen molar-refractivity contribution < 1.29 is 4.79 Å². The molecule has 2 rings (SSSR count). The van der Waals surface area contributed by atoms with Gasteiger partial charge in [0.1, 0.15) is 0 Å². The lowest BCUT2D eigenvalue weighted by molar-refractivity contribution is 0.242. The molecule has 24 heavy (non-hydrogen) atoms. The number of carbonyl (C=O) groups excluding carboxylic acids is 1. The Hall–Kier alpha value is -1.79. The van der Waals surface area contributed by atoms with Gasteiger partial charge in [0.25, 0.3) is 0 Å². The van der Waals surface area contributed by atoms with Gasteiger partial charge in [0.2, 0.25) is 0 Å². The number of hydrogen-bond acceptors (Lipinski definition) is 3. The summed E-state index contributed by atoms with van der Waals surface area (Å²) in [7, 11) is 0. The van der Waals surface area contributed by atoms with E-state index in [0.717, 1.165) is 0 Å². The lowest BCUT2D eigenvalue weighted by Gasteiger charge is -2.00. The van der Waals surface area contributed by atoms with Crippen LogP contribution < -0.4 is 10.9 Å². The van der Waals surface area contributed by atoms with Gasteiger partial charge in [-0.15, -0.1) is 0 Å². The Labute approximate surface area is 158 Å². The first-order chi connectivity index (χ1) is 11.5. The van der Waals surface area contributed by atoms with Crippen LogP contribution in [0.25, 0.3) is 0 Å². The van der Waals surface area contributed by atoms with Gasteiger partial charge >= 0.3 is 6.03 Å². The van der Waals surface area contributed by atoms with E-state index in [-0.39, 0.29) is 0 Å². The monoisotopic (exact) mass is 402 g/mol. The minimum atomic E-state index is -0.609. The largest absolute Gasteiger partial charge is 0.355 e. The quantitative estimate of drug-likeness (QED) is 0.549. The number of nitrogens with one attached hydrogen (secondary N) is 2. The van der Waals surface area contributed by atoms with Crippen LogP contribution in [0.15, 0.2) is 46.6 Å². The smallest absolute Gasteiger partial charge is 0.245 e. The van der Waals surface area contributed by atoms with E-state index < -0.39 is 6.03 Å². The van der Waals surface area contributed by atoms with E-state index in [9.17, 15) is 4.79 Å². The number of rotatable bonds is 4. The molecule has 0 aliphatic heterocycles. The van der Waals surface area contributed by atoms with Gasteiger partial charge < -0.3 is 0 Å². The Morgan fingerprint density at radius 3 is 1.54 bits per heavy atom. The topological polar surface area (TPSA) is 65.8 Å². The van der Waals surface area contributed by atoms with E-state index in [1.54, 1.807) is 36.4 Å². The minimum Gasteiger partial charge on any atom is -0.245 e. The van der Waals surface area contributed by atoms with Crippen molar-refractivity contribution in [1.82, 2.24) is 10.9 Å². The van der Waals surface area contributed by atoms with E-state index in [2.05, 4.69) is 21.1 Å². The highest BCUT2D eigenvalue weighted by Crippen LogP contribution is 2.22. The third-order valence-electron chi connectivity index (χ3n) is 2.65. The number of nitrogens with zero attached hydrogens (tertiary/aromatic N) is 2. The van der Waals surface area contributed by atoms with Crippen molar-refractivity contribution >= 4 is 64.9 Å². The third-order valence-corrected chi connectivity index (χ3v) is 4.12. The highest BCUT2D eigenvalue weighted by molar-refractivity contribution is 6.42. The molecular formula is C15H10Cl4N4O. The van der Waals surface area contributed by atoms with Crippen molar-refractivity contribution in [1.29, 1.82) is 0 Å². The first-order valence-electron chi connectivity index (χ1n) is 6.48. The fraction of sp³-hybridized carbons (Fsp3) is 0. The van der Waals surface area contributed by atoms with Crippen molar-refractivity contribution in [2.24, 2.45) is 10.2 Å². The first kappa shape index (κ1) is 18.5. The molecule has 0 bridgehead atoms. The molecule has 0 aliphatic rings. The van der Waals surface area contributed by atoms with Crippen LogP contribution in [-0.4, -0.2) is 18.5 Å². The molecule has 0 heterocycles. The summed E-state index contributed by atoms with van der Waals surface area (Å²) in [6, 6.07) is 9.31. The van der Waals surface area contributed by atoms with Crippen molar-refractivity contribution in [2.75, 3.05) is 0 Å². The molecule has 0 spiro atoms. The number of hydrazone groups is 2. The molecule has 0 unspecified atom stereocenters. The predicted octanol–water partition coefficient (Wildman–Crippen LogP) is 4.97. The van der Waals surface area contributed by atoms with Crippen molar-refractivity contribution in [3.8, 4) is 0 Å². The normalized spacial score (nSPS) is 11.2. The Morgan fingerprint density at radius 2 is 1.17 bits per heavy atom. The zero-order valence-corrected chi connectivity index (χ0v) is 15.0. The van der Waals surface area contributed by atoms with Crippen molar-refractivity contribution in [3.05, 3.63) is 67.6 Å². The molecule has 0 saturated carbocycles. The van der Waals surface area contributed by atoms with Gasteiger partial charge in [0.05, 0.1) is 32.5 Å². The Balaban J connectivity index is 1.84. The molecule has 0 atom stereocenters. The Kier molecular flexibility index (Phi) is 6.87. The molecular weight excluding hydrogens is 394 g/mol. The summed E-state index contributed by atoms with van der Waals surface area (Å²) >= 11 is 23.4. The summed E-state index contributed by atoms with van der Waals surface area (Å²) < 4.78 is 0. The van der Waals surface area contributed by atoms with Gasteiger partial charge in [-0.25, -0.2) is 15.6 Å².